The van der Waals surface area contributed by atoms with Crippen LogP contribution in [0.2, 0.25) is 0 Å². The van der Waals surface area contributed by atoms with E-state index < -0.39 is 0 Å². The molecule has 8 heteroatoms. The Morgan fingerprint density at radius 3 is 2.90 bits per heavy atom. The molecular formula is C13H13N5O2S. The van der Waals surface area contributed by atoms with Crippen molar-refractivity contribution in [3.63, 3.8) is 0 Å². The first kappa shape index (κ1) is 13.5. The van der Waals surface area contributed by atoms with Gasteiger partial charge in [0, 0.05) is 6.42 Å². The van der Waals surface area contributed by atoms with Crippen LogP contribution in [-0.4, -0.2) is 32.3 Å². The fourth-order valence-corrected chi connectivity index (χ4v) is 2.52. The number of carbonyl (C=O) groups excluding carboxylic acids is 1. The van der Waals surface area contributed by atoms with E-state index in [4.69, 9.17) is 4.74 Å². The van der Waals surface area contributed by atoms with Gasteiger partial charge in [-0.1, -0.05) is 36.5 Å². The molecule has 1 aromatic carbocycles. The number of aryl methyl sites for hydroxylation is 1. The van der Waals surface area contributed by atoms with E-state index in [2.05, 4.69) is 20.6 Å². The molecule has 1 amide bonds. The van der Waals surface area contributed by atoms with E-state index in [0.29, 0.717) is 15.8 Å². The van der Waals surface area contributed by atoms with Gasteiger partial charge >= 0.3 is 0 Å². The highest BCUT2D eigenvalue weighted by atomic mass is 32.1. The SMILES string of the molecule is CCc1nnc2sc(NC(=O)COc3ccccc3)nn12. The van der Waals surface area contributed by atoms with Gasteiger partial charge in [0.2, 0.25) is 10.1 Å². The molecule has 2 heterocycles. The highest BCUT2D eigenvalue weighted by Gasteiger charge is 2.12. The molecule has 3 aromatic rings. The molecule has 0 aliphatic rings. The van der Waals surface area contributed by atoms with Gasteiger partial charge in [-0.2, -0.15) is 4.52 Å². The average molecular weight is 303 g/mol. The first-order valence-electron chi connectivity index (χ1n) is 6.45. The lowest BCUT2D eigenvalue weighted by molar-refractivity contribution is -0.118. The summed E-state index contributed by atoms with van der Waals surface area (Å²) >= 11 is 1.27. The smallest absolute Gasteiger partial charge is 0.264 e. The zero-order chi connectivity index (χ0) is 14.7. The summed E-state index contributed by atoms with van der Waals surface area (Å²) < 4.78 is 7.01. The van der Waals surface area contributed by atoms with Gasteiger partial charge in [-0.3, -0.25) is 10.1 Å². The van der Waals surface area contributed by atoms with E-state index >= 15 is 0 Å². The van der Waals surface area contributed by atoms with E-state index in [1.807, 2.05) is 25.1 Å². The van der Waals surface area contributed by atoms with Crippen LogP contribution in [0.4, 0.5) is 5.13 Å². The van der Waals surface area contributed by atoms with Crippen molar-refractivity contribution in [3.05, 3.63) is 36.2 Å². The lowest BCUT2D eigenvalue weighted by Gasteiger charge is -2.04. The maximum atomic E-state index is 11.8. The summed E-state index contributed by atoms with van der Waals surface area (Å²) in [6, 6.07) is 9.18. The van der Waals surface area contributed by atoms with Gasteiger partial charge in [-0.05, 0) is 12.1 Å². The van der Waals surface area contributed by atoms with Gasteiger partial charge in [0.05, 0.1) is 0 Å². The van der Waals surface area contributed by atoms with Crippen molar-refractivity contribution in [2.24, 2.45) is 0 Å². The van der Waals surface area contributed by atoms with Crippen LogP contribution in [0.3, 0.4) is 0 Å². The number of rotatable bonds is 5. The number of hydrogen-bond acceptors (Lipinski definition) is 6. The van der Waals surface area contributed by atoms with E-state index in [0.717, 1.165) is 12.2 Å². The number of amides is 1. The number of nitrogens with one attached hydrogen (secondary N) is 1. The zero-order valence-corrected chi connectivity index (χ0v) is 12.1. The van der Waals surface area contributed by atoms with Crippen LogP contribution in [-0.2, 0) is 11.2 Å². The van der Waals surface area contributed by atoms with E-state index in [-0.39, 0.29) is 12.5 Å². The largest absolute Gasteiger partial charge is 0.484 e. The fraction of sp³-hybridized carbons (Fsp3) is 0.231. The predicted octanol–water partition coefficient (Wildman–Crippen LogP) is 1.77. The number of para-hydroxylation sites is 1. The number of hydrogen-bond donors (Lipinski definition) is 1. The molecule has 2 aromatic heterocycles. The summed E-state index contributed by atoms with van der Waals surface area (Å²) in [5, 5.41) is 15.4. The van der Waals surface area contributed by atoms with Gasteiger partial charge in [-0.15, -0.1) is 15.3 Å². The Bertz CT molecular complexity index is 752. The molecule has 0 saturated heterocycles. The first-order chi connectivity index (χ1) is 10.3. The van der Waals surface area contributed by atoms with Gasteiger partial charge in [0.25, 0.3) is 5.91 Å². The van der Waals surface area contributed by atoms with Crippen LogP contribution in [0, 0.1) is 0 Å². The highest BCUT2D eigenvalue weighted by Crippen LogP contribution is 2.18. The molecule has 0 spiro atoms. The van der Waals surface area contributed by atoms with Crippen molar-refractivity contribution < 1.29 is 9.53 Å². The third kappa shape index (κ3) is 3.00. The van der Waals surface area contributed by atoms with Crippen LogP contribution in [0.25, 0.3) is 4.96 Å². The normalized spacial score (nSPS) is 10.7. The van der Waals surface area contributed by atoms with Crippen LogP contribution < -0.4 is 10.1 Å². The summed E-state index contributed by atoms with van der Waals surface area (Å²) in [6.45, 7) is 1.91. The molecular weight excluding hydrogens is 290 g/mol. The van der Waals surface area contributed by atoms with Crippen LogP contribution in [0.1, 0.15) is 12.7 Å². The number of nitrogens with zero attached hydrogens (tertiary/aromatic N) is 4. The summed E-state index contributed by atoms with van der Waals surface area (Å²) in [6.07, 6.45) is 0.732. The van der Waals surface area contributed by atoms with E-state index in [1.54, 1.807) is 16.6 Å². The molecule has 0 aliphatic heterocycles. The molecule has 0 bridgehead atoms. The molecule has 0 unspecified atom stereocenters. The van der Waals surface area contributed by atoms with Gasteiger partial charge < -0.3 is 4.74 Å². The van der Waals surface area contributed by atoms with Gasteiger partial charge in [-0.25, -0.2) is 0 Å². The minimum atomic E-state index is -0.262. The number of anilines is 1. The van der Waals surface area contributed by atoms with Crippen molar-refractivity contribution >= 4 is 27.3 Å². The molecule has 108 valence electrons. The maximum Gasteiger partial charge on any atom is 0.264 e. The standard InChI is InChI=1S/C13H13N5O2S/c1-2-10-15-16-13-18(10)17-12(21-13)14-11(19)8-20-9-6-4-3-5-7-9/h3-7H,2,8H2,1H3,(H,14,17,19). The monoisotopic (exact) mass is 303 g/mol. The number of carbonyl (C=O) groups is 1. The highest BCUT2D eigenvalue weighted by molar-refractivity contribution is 7.20. The minimum absolute atomic E-state index is 0.0647. The molecule has 21 heavy (non-hydrogen) atoms. The predicted molar refractivity (Wildman–Crippen MR) is 78.6 cm³/mol. The lowest BCUT2D eigenvalue weighted by atomic mass is 10.3. The topological polar surface area (TPSA) is 81.4 Å². The molecule has 0 saturated carbocycles. The van der Waals surface area contributed by atoms with Crippen molar-refractivity contribution in [2.75, 3.05) is 11.9 Å². The quantitative estimate of drug-likeness (QED) is 0.777. The third-order valence-electron chi connectivity index (χ3n) is 2.73. The van der Waals surface area contributed by atoms with Crippen molar-refractivity contribution in [1.29, 1.82) is 0 Å². The Kier molecular flexibility index (Phi) is 3.78. The number of ether oxygens (including phenoxy) is 1. The summed E-state index contributed by atoms with van der Waals surface area (Å²) in [7, 11) is 0. The Morgan fingerprint density at radius 1 is 1.33 bits per heavy atom. The van der Waals surface area contributed by atoms with Crippen LogP contribution in [0.5, 0.6) is 5.75 Å². The van der Waals surface area contributed by atoms with Crippen LogP contribution >= 0.6 is 11.3 Å². The molecule has 7 nitrogen and oxygen atoms in total. The zero-order valence-electron chi connectivity index (χ0n) is 11.3. The Hall–Kier alpha value is -2.48. The molecule has 0 atom stereocenters. The van der Waals surface area contributed by atoms with Crippen LogP contribution in [0.15, 0.2) is 30.3 Å². The Balaban J connectivity index is 1.62. The van der Waals surface area contributed by atoms with Gasteiger partial charge in [0.15, 0.2) is 12.4 Å². The van der Waals surface area contributed by atoms with Crippen molar-refractivity contribution in [3.8, 4) is 5.75 Å². The second-order valence-electron chi connectivity index (χ2n) is 4.22. The number of aromatic nitrogens is 4. The van der Waals surface area contributed by atoms with Crippen molar-refractivity contribution in [2.45, 2.75) is 13.3 Å². The molecule has 0 aliphatic carbocycles. The molecule has 0 fully saturated rings. The number of fused-ring (bicyclic) bond motifs is 1. The second kappa shape index (κ2) is 5.88. The third-order valence-corrected chi connectivity index (χ3v) is 3.55. The van der Waals surface area contributed by atoms with E-state index in [9.17, 15) is 4.79 Å². The Morgan fingerprint density at radius 2 is 2.14 bits per heavy atom. The Labute approximate surface area is 124 Å². The summed E-state index contributed by atoms with van der Waals surface area (Å²) in [4.78, 5) is 12.5. The fourth-order valence-electron chi connectivity index (χ4n) is 1.75. The minimum Gasteiger partial charge on any atom is -0.484 e. The molecule has 0 radical (unpaired) electrons. The lowest BCUT2D eigenvalue weighted by Crippen LogP contribution is -2.20. The van der Waals surface area contributed by atoms with Gasteiger partial charge in [0.1, 0.15) is 5.75 Å². The average Bonchev–Trinajstić information content (AvgIpc) is 3.06. The maximum absolute atomic E-state index is 11.8. The van der Waals surface area contributed by atoms with Crippen molar-refractivity contribution in [1.82, 2.24) is 19.8 Å². The number of benzene rings is 1. The second-order valence-corrected chi connectivity index (χ2v) is 5.18. The summed E-state index contributed by atoms with van der Waals surface area (Å²) in [5.74, 6) is 1.16. The molecule has 1 N–H and O–H groups in total. The molecule has 3 rings (SSSR count). The van der Waals surface area contributed by atoms with E-state index in [1.165, 1.54) is 11.3 Å². The first-order valence-corrected chi connectivity index (χ1v) is 7.26. The summed E-state index contributed by atoms with van der Waals surface area (Å²) in [5.41, 5.74) is 0.